The normalized spacial score (nSPS) is 13.3. The number of carbonyl (C=O) groups is 2. The first kappa shape index (κ1) is 20.7. The fourth-order valence-corrected chi connectivity index (χ4v) is 2.48. The Hall–Kier alpha value is -1.32. The Morgan fingerprint density at radius 3 is 2.23 bits per heavy atom. The molecule has 0 aromatic heterocycles. The summed E-state index contributed by atoms with van der Waals surface area (Å²) < 4.78 is 5.55. The van der Waals surface area contributed by atoms with Gasteiger partial charge in [0.1, 0.15) is 6.10 Å². The van der Waals surface area contributed by atoms with Crippen molar-refractivity contribution in [1.82, 2.24) is 0 Å². The van der Waals surface area contributed by atoms with Gasteiger partial charge in [-0.15, -0.1) is 0 Å². The average molecular weight is 312 g/mol. The van der Waals surface area contributed by atoms with Crippen LogP contribution in [-0.2, 0) is 14.3 Å². The molecule has 0 amide bonds. The molecule has 0 heterocycles. The van der Waals surface area contributed by atoms with E-state index >= 15 is 0 Å². The Morgan fingerprint density at radius 1 is 1.05 bits per heavy atom. The molecule has 0 aromatic rings. The molecule has 0 saturated heterocycles. The Morgan fingerprint density at radius 2 is 1.68 bits per heavy atom. The van der Waals surface area contributed by atoms with Crippen molar-refractivity contribution in [2.75, 3.05) is 0 Å². The van der Waals surface area contributed by atoms with Crippen molar-refractivity contribution in [2.24, 2.45) is 5.41 Å². The Labute approximate surface area is 134 Å². The second-order valence-corrected chi connectivity index (χ2v) is 6.54. The molecule has 0 aromatic carbocycles. The number of rotatable bonds is 12. The zero-order chi connectivity index (χ0) is 17.0. The molecular formula is C18H32O4. The first-order valence-corrected chi connectivity index (χ1v) is 8.45. The van der Waals surface area contributed by atoms with Gasteiger partial charge in [-0.05, 0) is 19.3 Å². The van der Waals surface area contributed by atoms with Gasteiger partial charge >= 0.3 is 11.9 Å². The fourth-order valence-electron chi connectivity index (χ4n) is 2.48. The minimum atomic E-state index is -1.14. The molecule has 0 bridgehead atoms. The lowest BCUT2D eigenvalue weighted by Crippen LogP contribution is -2.33. The third kappa shape index (κ3) is 9.59. The third-order valence-electron chi connectivity index (χ3n) is 3.99. The summed E-state index contributed by atoms with van der Waals surface area (Å²) in [5.74, 6) is -1.70. The van der Waals surface area contributed by atoms with Crippen molar-refractivity contribution in [2.45, 2.75) is 85.2 Å². The standard InChI is InChI=1S/C18H32O4/c1-5-7-9-10-11-15(18(3,4)14-8-6-2)22-17(21)13-12-16(19)20/h12-13,15H,5-11,14H2,1-4H3,(H,19,20). The van der Waals surface area contributed by atoms with Crippen LogP contribution in [0.3, 0.4) is 0 Å². The van der Waals surface area contributed by atoms with Gasteiger partial charge in [0.2, 0.25) is 0 Å². The summed E-state index contributed by atoms with van der Waals surface area (Å²) in [4.78, 5) is 22.3. The molecule has 4 nitrogen and oxygen atoms in total. The number of carbonyl (C=O) groups excluding carboxylic acids is 1. The monoisotopic (exact) mass is 312 g/mol. The van der Waals surface area contributed by atoms with Crippen LogP contribution < -0.4 is 0 Å². The van der Waals surface area contributed by atoms with Gasteiger partial charge in [0.05, 0.1) is 0 Å². The number of ether oxygens (including phenoxy) is 1. The smallest absolute Gasteiger partial charge is 0.331 e. The summed E-state index contributed by atoms with van der Waals surface area (Å²) in [5.41, 5.74) is -0.0883. The van der Waals surface area contributed by atoms with Gasteiger partial charge in [0.15, 0.2) is 0 Å². The maximum atomic E-state index is 11.8. The van der Waals surface area contributed by atoms with E-state index in [1.165, 1.54) is 12.8 Å². The molecule has 0 spiro atoms. The molecule has 4 heteroatoms. The molecule has 0 rings (SSSR count). The molecular weight excluding hydrogens is 280 g/mol. The molecule has 128 valence electrons. The molecule has 1 N–H and O–H groups in total. The molecule has 0 aliphatic carbocycles. The van der Waals surface area contributed by atoms with Gasteiger partial charge in [0, 0.05) is 17.6 Å². The zero-order valence-corrected chi connectivity index (χ0v) is 14.6. The van der Waals surface area contributed by atoms with Crippen molar-refractivity contribution in [3.8, 4) is 0 Å². The Balaban J connectivity index is 4.69. The highest BCUT2D eigenvalue weighted by Crippen LogP contribution is 2.33. The number of hydrogen-bond donors (Lipinski definition) is 1. The van der Waals surface area contributed by atoms with Crippen LogP contribution in [0.15, 0.2) is 12.2 Å². The van der Waals surface area contributed by atoms with Crippen LogP contribution in [0.1, 0.15) is 79.1 Å². The molecule has 0 fully saturated rings. The first-order valence-electron chi connectivity index (χ1n) is 8.45. The summed E-state index contributed by atoms with van der Waals surface area (Å²) in [6.07, 6.45) is 10.2. The van der Waals surface area contributed by atoms with E-state index in [2.05, 4.69) is 27.7 Å². The van der Waals surface area contributed by atoms with Crippen molar-refractivity contribution in [1.29, 1.82) is 0 Å². The largest absolute Gasteiger partial charge is 0.478 e. The molecule has 1 atom stereocenters. The Bertz CT molecular complexity index is 358. The molecule has 0 radical (unpaired) electrons. The van der Waals surface area contributed by atoms with Crippen LogP contribution in [0, 0.1) is 5.41 Å². The SMILES string of the molecule is CCCCCCC(OC(=O)C=CC(=O)O)C(C)(C)CCCC. The zero-order valence-electron chi connectivity index (χ0n) is 14.6. The Kier molecular flexibility index (Phi) is 10.6. The van der Waals surface area contributed by atoms with Crippen LogP contribution in [-0.4, -0.2) is 23.1 Å². The van der Waals surface area contributed by atoms with Crippen LogP contribution in [0.5, 0.6) is 0 Å². The van der Waals surface area contributed by atoms with Crippen LogP contribution in [0.4, 0.5) is 0 Å². The number of carboxylic acid groups (broad SMARTS) is 1. The molecule has 1 unspecified atom stereocenters. The summed E-state index contributed by atoms with van der Waals surface area (Å²) in [6, 6.07) is 0. The topological polar surface area (TPSA) is 63.6 Å². The van der Waals surface area contributed by atoms with E-state index in [1.807, 2.05) is 0 Å². The van der Waals surface area contributed by atoms with Gasteiger partial charge < -0.3 is 9.84 Å². The van der Waals surface area contributed by atoms with E-state index in [-0.39, 0.29) is 11.5 Å². The first-order chi connectivity index (χ1) is 10.3. The van der Waals surface area contributed by atoms with E-state index in [4.69, 9.17) is 9.84 Å². The number of carboxylic acids is 1. The number of esters is 1. The average Bonchev–Trinajstić information content (AvgIpc) is 2.46. The summed E-state index contributed by atoms with van der Waals surface area (Å²) in [6.45, 7) is 8.57. The van der Waals surface area contributed by atoms with Gasteiger partial charge in [-0.3, -0.25) is 0 Å². The highest BCUT2D eigenvalue weighted by molar-refractivity contribution is 5.90. The number of hydrogen-bond acceptors (Lipinski definition) is 3. The van der Waals surface area contributed by atoms with Crippen LogP contribution in [0.25, 0.3) is 0 Å². The highest BCUT2D eigenvalue weighted by Gasteiger charge is 2.31. The lowest BCUT2D eigenvalue weighted by molar-refractivity contribution is -0.150. The molecule has 0 saturated carbocycles. The second kappa shape index (κ2) is 11.3. The summed E-state index contributed by atoms with van der Waals surface area (Å²) in [7, 11) is 0. The lowest BCUT2D eigenvalue weighted by Gasteiger charge is -2.34. The van der Waals surface area contributed by atoms with Crippen LogP contribution >= 0.6 is 0 Å². The molecule has 22 heavy (non-hydrogen) atoms. The van der Waals surface area contributed by atoms with Gasteiger partial charge in [-0.2, -0.15) is 0 Å². The fraction of sp³-hybridized carbons (Fsp3) is 0.778. The maximum Gasteiger partial charge on any atom is 0.331 e. The van der Waals surface area contributed by atoms with Crippen molar-refractivity contribution < 1.29 is 19.4 Å². The van der Waals surface area contributed by atoms with Crippen molar-refractivity contribution in [3.63, 3.8) is 0 Å². The number of aliphatic carboxylic acids is 1. The van der Waals surface area contributed by atoms with E-state index in [9.17, 15) is 9.59 Å². The minimum Gasteiger partial charge on any atom is -0.478 e. The maximum absolute atomic E-state index is 11.8. The van der Waals surface area contributed by atoms with E-state index in [0.717, 1.165) is 50.7 Å². The van der Waals surface area contributed by atoms with E-state index in [0.29, 0.717) is 0 Å². The summed E-state index contributed by atoms with van der Waals surface area (Å²) in [5, 5.41) is 8.58. The number of unbranched alkanes of at least 4 members (excludes halogenated alkanes) is 4. The van der Waals surface area contributed by atoms with Gasteiger partial charge in [0.25, 0.3) is 0 Å². The molecule has 0 aliphatic rings. The van der Waals surface area contributed by atoms with Gasteiger partial charge in [-0.25, -0.2) is 9.59 Å². The predicted octanol–water partition coefficient (Wildman–Crippen LogP) is 4.73. The van der Waals surface area contributed by atoms with E-state index in [1.54, 1.807) is 0 Å². The predicted molar refractivity (Wildman–Crippen MR) is 88.7 cm³/mol. The summed E-state index contributed by atoms with van der Waals surface area (Å²) >= 11 is 0. The molecule has 0 aliphatic heterocycles. The lowest BCUT2D eigenvalue weighted by atomic mass is 9.79. The quantitative estimate of drug-likeness (QED) is 0.321. The van der Waals surface area contributed by atoms with Crippen molar-refractivity contribution >= 4 is 11.9 Å². The van der Waals surface area contributed by atoms with E-state index < -0.39 is 11.9 Å². The van der Waals surface area contributed by atoms with Gasteiger partial charge in [-0.1, -0.05) is 59.8 Å². The minimum absolute atomic E-state index is 0.0883. The second-order valence-electron chi connectivity index (χ2n) is 6.54. The highest BCUT2D eigenvalue weighted by atomic mass is 16.5. The van der Waals surface area contributed by atoms with Crippen molar-refractivity contribution in [3.05, 3.63) is 12.2 Å². The third-order valence-corrected chi connectivity index (χ3v) is 3.99. The van der Waals surface area contributed by atoms with Crippen LogP contribution in [0.2, 0.25) is 0 Å².